The maximum Gasteiger partial charge on any atom is 0.145 e. The third-order valence-electron chi connectivity index (χ3n) is 15.1. The van der Waals surface area contributed by atoms with E-state index in [1.165, 1.54) is 16.3 Å². The van der Waals surface area contributed by atoms with Gasteiger partial charge in [0.2, 0.25) is 0 Å². The average Bonchev–Trinajstić information content (AvgIpc) is 4.24. The molecular formula is C60H28N2O4. The summed E-state index contributed by atoms with van der Waals surface area (Å²) in [5, 5.41) is 18.1. The summed E-state index contributed by atoms with van der Waals surface area (Å²) in [5.74, 6) is 0. The molecule has 0 bridgehead atoms. The Balaban J connectivity index is 1.06. The van der Waals surface area contributed by atoms with Crippen LogP contribution in [0.2, 0.25) is 0 Å². The minimum Gasteiger partial charge on any atom is -0.456 e. The number of aromatic nitrogens is 2. The summed E-state index contributed by atoms with van der Waals surface area (Å²) in [6.07, 6.45) is 0. The van der Waals surface area contributed by atoms with Crippen molar-refractivity contribution in [2.24, 2.45) is 0 Å². The first-order valence-corrected chi connectivity index (χ1v) is 22.5. The smallest absolute Gasteiger partial charge is 0.145 e. The lowest BCUT2D eigenvalue weighted by molar-refractivity contribution is 0.669. The zero-order valence-electron chi connectivity index (χ0n) is 34.7. The molecule has 8 heterocycles. The van der Waals surface area contributed by atoms with Crippen molar-refractivity contribution in [3.8, 4) is 11.1 Å². The van der Waals surface area contributed by atoms with Crippen molar-refractivity contribution in [2.75, 3.05) is 0 Å². The summed E-state index contributed by atoms with van der Waals surface area (Å²) >= 11 is 0. The molecule has 6 nitrogen and oxygen atoms in total. The van der Waals surface area contributed by atoms with Gasteiger partial charge in [0.15, 0.2) is 0 Å². The van der Waals surface area contributed by atoms with Gasteiger partial charge >= 0.3 is 0 Å². The molecule has 0 radical (unpaired) electrons. The zero-order chi connectivity index (χ0) is 42.3. The Morgan fingerprint density at radius 1 is 0.258 bits per heavy atom. The van der Waals surface area contributed by atoms with E-state index in [1.807, 2.05) is 18.2 Å². The lowest BCUT2D eigenvalue weighted by Gasteiger charge is -2.09. The fourth-order valence-corrected chi connectivity index (χ4v) is 12.5. The van der Waals surface area contributed by atoms with E-state index in [0.29, 0.717) is 0 Å². The Bertz CT molecular complexity index is 5080. The topological polar surface area (TPSA) is 61.4 Å². The molecule has 0 unspecified atom stereocenters. The fourth-order valence-electron chi connectivity index (χ4n) is 12.5. The normalized spacial score (nSPS) is 13.2. The minimum absolute atomic E-state index is 0.875. The van der Waals surface area contributed by atoms with Gasteiger partial charge in [0.1, 0.15) is 44.7 Å². The van der Waals surface area contributed by atoms with E-state index in [2.05, 4.69) is 160 Å². The van der Waals surface area contributed by atoms with E-state index in [-0.39, 0.29) is 0 Å². The molecule has 0 amide bonds. The Kier molecular flexibility index (Phi) is 5.36. The van der Waals surface area contributed by atoms with Crippen LogP contribution in [0.15, 0.2) is 188 Å². The standard InChI is InChI=1S/C60H28N2O4/c1-7-18-50-30(10-1)34-20-21-45-54(59(34)65-50)35-14-9-15-36-55-58(62(45)56(35)36)37(24-44-33-13-4-8-19-51(33)66-60(44)55)29-22-42-38-27-52-40(31-11-2-5-16-48(31)63-52)25-46(38)61-47-26-41-32-12-3-6-17-49(32)64-53(41)28-39(47)43(23-29)57(42)61/h1-28H. The molecule has 0 saturated heterocycles. The number of furan rings is 4. The number of fused-ring (bicyclic) bond motifs is 26. The van der Waals surface area contributed by atoms with E-state index in [0.717, 1.165) is 159 Å². The van der Waals surface area contributed by atoms with Crippen molar-refractivity contribution in [1.82, 2.24) is 8.80 Å². The molecule has 0 spiro atoms. The highest BCUT2D eigenvalue weighted by atomic mass is 16.3. The molecule has 302 valence electrons. The number of hydrogen-bond acceptors (Lipinski definition) is 4. The molecule has 0 aliphatic heterocycles. The van der Waals surface area contributed by atoms with Crippen LogP contribution < -0.4 is 0 Å². The van der Waals surface area contributed by atoms with Gasteiger partial charge in [-0.15, -0.1) is 0 Å². The molecule has 0 aliphatic rings. The van der Waals surface area contributed by atoms with E-state index in [4.69, 9.17) is 17.7 Å². The van der Waals surface area contributed by atoms with Gasteiger partial charge in [0.25, 0.3) is 0 Å². The number of rotatable bonds is 1. The maximum absolute atomic E-state index is 6.93. The van der Waals surface area contributed by atoms with Crippen LogP contribution >= 0.6 is 0 Å². The zero-order valence-corrected chi connectivity index (χ0v) is 34.7. The summed E-state index contributed by atoms with van der Waals surface area (Å²) in [4.78, 5) is 0. The second-order valence-electron chi connectivity index (χ2n) is 18.3. The van der Waals surface area contributed by atoms with Crippen LogP contribution in [0.1, 0.15) is 0 Å². The largest absolute Gasteiger partial charge is 0.456 e. The Hall–Kier alpha value is -9.00. The highest BCUT2D eigenvalue weighted by molar-refractivity contribution is 6.36. The van der Waals surface area contributed by atoms with Gasteiger partial charge < -0.3 is 26.5 Å². The second-order valence-corrected chi connectivity index (χ2v) is 18.3. The van der Waals surface area contributed by atoms with Gasteiger partial charge in [-0.3, -0.25) is 0 Å². The van der Waals surface area contributed by atoms with E-state index < -0.39 is 0 Å². The SMILES string of the molecule is c1ccc2c(c1)oc1cc3c4cc(-c5cc6c7ccccc7oc6c6c7cccc8c9c%10oc%11ccccc%11c%10ccc9n(c56)c87)cc5c6cc7oc8ccccc8c7cc6n(c3cc12)c45. The van der Waals surface area contributed by atoms with Gasteiger partial charge in [0, 0.05) is 81.0 Å². The Morgan fingerprint density at radius 3 is 1.35 bits per heavy atom. The second kappa shape index (κ2) is 10.8. The lowest BCUT2D eigenvalue weighted by atomic mass is 9.95. The van der Waals surface area contributed by atoms with E-state index >= 15 is 0 Å². The van der Waals surface area contributed by atoms with Gasteiger partial charge in [0.05, 0.1) is 43.9 Å². The molecule has 66 heavy (non-hydrogen) atoms. The predicted octanol–water partition coefficient (Wildman–Crippen LogP) is 17.3. The number of nitrogens with zero attached hydrogens (tertiary/aromatic N) is 2. The minimum atomic E-state index is 0.875. The third-order valence-corrected chi connectivity index (χ3v) is 15.1. The van der Waals surface area contributed by atoms with E-state index in [9.17, 15) is 0 Å². The van der Waals surface area contributed by atoms with Gasteiger partial charge in [-0.2, -0.15) is 0 Å². The first-order chi connectivity index (χ1) is 32.7. The van der Waals surface area contributed by atoms with Crippen LogP contribution in [-0.2, 0) is 0 Å². The number of benzene rings is 10. The van der Waals surface area contributed by atoms with Crippen LogP contribution in [-0.4, -0.2) is 8.80 Å². The van der Waals surface area contributed by atoms with Crippen molar-refractivity contribution in [1.29, 1.82) is 0 Å². The summed E-state index contributed by atoms with van der Waals surface area (Å²) in [6.45, 7) is 0. The molecule has 0 saturated carbocycles. The van der Waals surface area contributed by atoms with Crippen molar-refractivity contribution in [3.63, 3.8) is 0 Å². The van der Waals surface area contributed by atoms with Crippen molar-refractivity contribution in [3.05, 3.63) is 170 Å². The molecule has 0 fully saturated rings. The molecule has 8 aromatic heterocycles. The highest BCUT2D eigenvalue weighted by Gasteiger charge is 2.28. The highest BCUT2D eigenvalue weighted by Crippen LogP contribution is 2.51. The van der Waals surface area contributed by atoms with Gasteiger partial charge in [-0.05, 0) is 84.4 Å². The molecular weight excluding hydrogens is 813 g/mol. The molecule has 0 aliphatic carbocycles. The summed E-state index contributed by atoms with van der Waals surface area (Å²) in [6, 6.07) is 61.2. The molecule has 6 heteroatoms. The molecule has 10 aromatic carbocycles. The molecule has 18 aromatic rings. The Morgan fingerprint density at radius 2 is 0.742 bits per heavy atom. The predicted molar refractivity (Wildman–Crippen MR) is 270 cm³/mol. The summed E-state index contributed by atoms with van der Waals surface area (Å²) < 4.78 is 31.9. The summed E-state index contributed by atoms with van der Waals surface area (Å²) in [5.41, 5.74) is 16.2. The summed E-state index contributed by atoms with van der Waals surface area (Å²) in [7, 11) is 0. The molecule has 18 rings (SSSR count). The lowest BCUT2D eigenvalue weighted by Crippen LogP contribution is -1.88. The monoisotopic (exact) mass is 840 g/mol. The molecule has 0 N–H and O–H groups in total. The first kappa shape index (κ1) is 32.6. The van der Waals surface area contributed by atoms with E-state index in [1.54, 1.807) is 0 Å². The van der Waals surface area contributed by atoms with Crippen LogP contribution in [0.5, 0.6) is 0 Å². The van der Waals surface area contributed by atoms with Crippen LogP contribution in [0.3, 0.4) is 0 Å². The fraction of sp³-hybridized carbons (Fsp3) is 0. The number of hydrogen-bond donors (Lipinski definition) is 0. The van der Waals surface area contributed by atoms with Gasteiger partial charge in [-0.25, -0.2) is 0 Å². The van der Waals surface area contributed by atoms with Crippen molar-refractivity contribution >= 4 is 164 Å². The van der Waals surface area contributed by atoms with Crippen LogP contribution in [0.25, 0.3) is 175 Å². The maximum atomic E-state index is 6.93. The van der Waals surface area contributed by atoms with Crippen molar-refractivity contribution < 1.29 is 17.7 Å². The van der Waals surface area contributed by atoms with Gasteiger partial charge in [-0.1, -0.05) is 91.0 Å². The van der Waals surface area contributed by atoms with Crippen molar-refractivity contribution in [2.45, 2.75) is 0 Å². The third kappa shape index (κ3) is 3.64. The Labute approximate surface area is 369 Å². The average molecular weight is 841 g/mol. The number of para-hydroxylation sites is 5. The quantitative estimate of drug-likeness (QED) is 0.165. The first-order valence-electron chi connectivity index (χ1n) is 22.5. The van der Waals surface area contributed by atoms with Crippen LogP contribution in [0.4, 0.5) is 0 Å². The van der Waals surface area contributed by atoms with Crippen LogP contribution in [0, 0.1) is 0 Å². The molecule has 0 atom stereocenters.